The normalized spacial score (nSPS) is 11.7. The Kier molecular flexibility index (Phi) is 6.51. The van der Waals surface area contributed by atoms with Crippen molar-refractivity contribution in [1.82, 2.24) is 9.97 Å². The molecule has 4 rings (SSSR count). The number of aliphatic carboxylic acids is 1. The third-order valence-corrected chi connectivity index (χ3v) is 5.12. The molecule has 0 aliphatic heterocycles. The second kappa shape index (κ2) is 9.83. The maximum absolute atomic E-state index is 14.1. The molecule has 0 bridgehead atoms. The monoisotopic (exact) mass is 427 g/mol. The van der Waals surface area contributed by atoms with E-state index in [-0.39, 0.29) is 6.42 Å². The lowest BCUT2D eigenvalue weighted by Crippen LogP contribution is -2.33. The van der Waals surface area contributed by atoms with Gasteiger partial charge in [0, 0.05) is 18.4 Å². The van der Waals surface area contributed by atoms with Crippen LogP contribution in [-0.2, 0) is 17.6 Å². The molecule has 1 heterocycles. The zero-order valence-electron chi connectivity index (χ0n) is 17.3. The molecule has 3 aromatic carbocycles. The van der Waals surface area contributed by atoms with E-state index in [4.69, 9.17) is 4.98 Å². The van der Waals surface area contributed by atoms with Crippen molar-refractivity contribution >= 4 is 11.8 Å². The molecule has 160 valence electrons. The highest BCUT2D eigenvalue weighted by atomic mass is 19.1. The largest absolute Gasteiger partial charge is 0.480 e. The summed E-state index contributed by atoms with van der Waals surface area (Å²) in [6, 6.07) is 24.6. The first-order valence-electron chi connectivity index (χ1n) is 10.3. The molecule has 4 aromatic rings. The van der Waals surface area contributed by atoms with Crippen molar-refractivity contribution in [2.24, 2.45) is 0 Å². The van der Waals surface area contributed by atoms with Crippen molar-refractivity contribution in [2.45, 2.75) is 18.9 Å². The van der Waals surface area contributed by atoms with Gasteiger partial charge >= 0.3 is 5.97 Å². The molecule has 1 atom stereocenters. The number of nitrogens with one attached hydrogen (secondary N) is 1. The first-order chi connectivity index (χ1) is 15.6. The predicted octanol–water partition coefficient (Wildman–Crippen LogP) is 4.98. The average molecular weight is 427 g/mol. The van der Waals surface area contributed by atoms with Crippen LogP contribution in [0.2, 0.25) is 0 Å². The average Bonchev–Trinajstić information content (AvgIpc) is 2.82. The van der Waals surface area contributed by atoms with Gasteiger partial charge in [0.05, 0.1) is 17.6 Å². The summed E-state index contributed by atoms with van der Waals surface area (Å²) in [6.45, 7) is 0. The van der Waals surface area contributed by atoms with Crippen LogP contribution >= 0.6 is 0 Å². The summed E-state index contributed by atoms with van der Waals surface area (Å²) in [6.07, 6.45) is 2.08. The van der Waals surface area contributed by atoms with Crippen molar-refractivity contribution < 1.29 is 14.3 Å². The molecular formula is C26H22FN3O2. The highest BCUT2D eigenvalue weighted by molar-refractivity contribution is 5.77. The molecule has 0 radical (unpaired) electrons. The number of carboxylic acid groups (broad SMARTS) is 1. The van der Waals surface area contributed by atoms with Gasteiger partial charge in [0.2, 0.25) is 0 Å². The van der Waals surface area contributed by atoms with Crippen LogP contribution in [-0.4, -0.2) is 27.1 Å². The van der Waals surface area contributed by atoms with Crippen LogP contribution in [0.1, 0.15) is 16.8 Å². The highest BCUT2D eigenvalue weighted by Crippen LogP contribution is 2.23. The fourth-order valence-electron chi connectivity index (χ4n) is 3.46. The molecular weight excluding hydrogens is 405 g/mol. The number of carbonyl (C=O) groups is 1. The molecule has 1 aromatic heterocycles. The Morgan fingerprint density at radius 3 is 2.28 bits per heavy atom. The van der Waals surface area contributed by atoms with Gasteiger partial charge in [0.15, 0.2) is 0 Å². The van der Waals surface area contributed by atoms with Crippen LogP contribution < -0.4 is 5.32 Å². The molecule has 0 spiro atoms. The summed E-state index contributed by atoms with van der Waals surface area (Å²) < 4.78 is 14.1. The van der Waals surface area contributed by atoms with E-state index in [0.29, 0.717) is 29.2 Å². The number of nitrogens with zero attached hydrogens (tertiary/aromatic N) is 2. The van der Waals surface area contributed by atoms with Crippen LogP contribution in [0.25, 0.3) is 11.3 Å². The van der Waals surface area contributed by atoms with Crippen LogP contribution in [0.5, 0.6) is 0 Å². The maximum Gasteiger partial charge on any atom is 0.326 e. The molecule has 32 heavy (non-hydrogen) atoms. The summed E-state index contributed by atoms with van der Waals surface area (Å²) in [5.41, 5.74) is 3.59. The summed E-state index contributed by atoms with van der Waals surface area (Å²) >= 11 is 0. The molecule has 0 saturated carbocycles. The van der Waals surface area contributed by atoms with Gasteiger partial charge in [-0.25, -0.2) is 19.2 Å². The molecule has 0 fully saturated rings. The molecule has 6 heteroatoms. The summed E-state index contributed by atoms with van der Waals surface area (Å²) in [4.78, 5) is 21.2. The first kappa shape index (κ1) is 21.2. The molecule has 0 aliphatic rings. The smallest absolute Gasteiger partial charge is 0.326 e. The lowest BCUT2D eigenvalue weighted by atomic mass is 10.0. The van der Waals surface area contributed by atoms with Gasteiger partial charge in [-0.1, -0.05) is 78.9 Å². The molecule has 1 unspecified atom stereocenters. The van der Waals surface area contributed by atoms with E-state index < -0.39 is 17.8 Å². The number of aromatic nitrogens is 2. The number of carboxylic acids is 1. The Labute approximate surface area is 185 Å². The highest BCUT2D eigenvalue weighted by Gasteiger charge is 2.22. The Balaban J connectivity index is 1.67. The van der Waals surface area contributed by atoms with Gasteiger partial charge in [0.25, 0.3) is 0 Å². The van der Waals surface area contributed by atoms with Gasteiger partial charge in [0.1, 0.15) is 17.7 Å². The van der Waals surface area contributed by atoms with E-state index >= 15 is 0 Å². The second-order valence-corrected chi connectivity index (χ2v) is 7.41. The van der Waals surface area contributed by atoms with E-state index in [1.54, 1.807) is 24.4 Å². The Bertz CT molecular complexity index is 1200. The third-order valence-electron chi connectivity index (χ3n) is 5.12. The van der Waals surface area contributed by atoms with Crippen LogP contribution in [0.3, 0.4) is 0 Å². The number of benzene rings is 3. The Morgan fingerprint density at radius 2 is 1.59 bits per heavy atom. The zero-order chi connectivity index (χ0) is 22.3. The van der Waals surface area contributed by atoms with Gasteiger partial charge in [-0.05, 0) is 17.2 Å². The maximum atomic E-state index is 14.1. The minimum atomic E-state index is -1.09. The number of anilines is 1. The van der Waals surface area contributed by atoms with Crippen LogP contribution in [0, 0.1) is 5.82 Å². The van der Waals surface area contributed by atoms with Crippen molar-refractivity contribution in [3.8, 4) is 11.3 Å². The molecule has 0 aliphatic carbocycles. The molecule has 0 amide bonds. The summed E-state index contributed by atoms with van der Waals surface area (Å²) in [7, 11) is 0. The SMILES string of the molecule is O=C(O)C(Cc1ccccc1F)Nc1ncc(-c2ccccc2)nc1Cc1ccccc1. The van der Waals surface area contributed by atoms with Crippen LogP contribution in [0.4, 0.5) is 10.2 Å². The predicted molar refractivity (Wildman–Crippen MR) is 122 cm³/mol. The number of hydrogen-bond donors (Lipinski definition) is 2. The first-order valence-corrected chi connectivity index (χ1v) is 10.3. The van der Waals surface area contributed by atoms with Crippen molar-refractivity contribution in [3.63, 3.8) is 0 Å². The van der Waals surface area contributed by atoms with E-state index in [1.165, 1.54) is 6.07 Å². The van der Waals surface area contributed by atoms with Gasteiger partial charge in [-0.3, -0.25) is 0 Å². The lowest BCUT2D eigenvalue weighted by molar-refractivity contribution is -0.137. The Hall–Kier alpha value is -4.06. The number of hydrogen-bond acceptors (Lipinski definition) is 4. The van der Waals surface area contributed by atoms with Gasteiger partial charge < -0.3 is 10.4 Å². The molecule has 0 saturated heterocycles. The molecule has 2 N–H and O–H groups in total. The Morgan fingerprint density at radius 1 is 0.938 bits per heavy atom. The summed E-state index contributed by atoms with van der Waals surface area (Å²) in [5.74, 6) is -1.15. The lowest BCUT2D eigenvalue weighted by Gasteiger charge is -2.18. The van der Waals surface area contributed by atoms with E-state index in [1.807, 2.05) is 60.7 Å². The minimum absolute atomic E-state index is 0.0189. The topological polar surface area (TPSA) is 75.1 Å². The van der Waals surface area contributed by atoms with Crippen molar-refractivity contribution in [1.29, 1.82) is 0 Å². The van der Waals surface area contributed by atoms with Crippen LogP contribution in [0.15, 0.2) is 91.1 Å². The number of halogens is 1. The van der Waals surface area contributed by atoms with Gasteiger partial charge in [-0.2, -0.15) is 0 Å². The van der Waals surface area contributed by atoms with Crippen molar-refractivity contribution in [3.05, 3.63) is 114 Å². The van der Waals surface area contributed by atoms with Crippen molar-refractivity contribution in [2.75, 3.05) is 5.32 Å². The minimum Gasteiger partial charge on any atom is -0.480 e. The van der Waals surface area contributed by atoms with E-state index in [0.717, 1.165) is 11.1 Å². The summed E-state index contributed by atoms with van der Waals surface area (Å²) in [5, 5.41) is 12.7. The van der Waals surface area contributed by atoms with E-state index in [2.05, 4.69) is 10.3 Å². The zero-order valence-corrected chi connectivity index (χ0v) is 17.3. The van der Waals surface area contributed by atoms with E-state index in [9.17, 15) is 14.3 Å². The second-order valence-electron chi connectivity index (χ2n) is 7.41. The molecule has 5 nitrogen and oxygen atoms in total. The standard InChI is InChI=1S/C26H22FN3O2/c27-21-14-8-7-13-20(21)16-23(26(31)32)30-25-22(15-18-9-3-1-4-10-18)29-24(17-28-25)19-11-5-2-6-12-19/h1-14,17,23H,15-16H2,(H,28,30)(H,31,32). The van der Waals surface area contributed by atoms with Gasteiger partial charge in [-0.15, -0.1) is 0 Å². The quantitative estimate of drug-likeness (QED) is 0.415. The third kappa shape index (κ3) is 5.16. The fraction of sp³-hybridized carbons (Fsp3) is 0.115. The number of rotatable bonds is 8. The fourth-order valence-corrected chi connectivity index (χ4v) is 3.46.